The Morgan fingerprint density at radius 1 is 0.129 bits per heavy atom. The average Bonchev–Trinajstić information content (AvgIpc) is 1.52. The van der Waals surface area contributed by atoms with Gasteiger partial charge in [-0.3, -0.25) is 0 Å². The van der Waals surface area contributed by atoms with Crippen LogP contribution in [0, 0.1) is 0 Å². The van der Waals surface area contributed by atoms with Crippen molar-refractivity contribution in [3.8, 4) is 33.9 Å². The normalized spacial score (nSPS) is 13.0. The molecule has 0 radical (unpaired) electrons. The van der Waals surface area contributed by atoms with Crippen LogP contribution in [-0.4, -0.2) is 35.9 Å². The first-order valence-corrected chi connectivity index (χ1v) is 40.3. The number of nitrogens with zero attached hydrogens (tertiary/aromatic N) is 8. The van der Waals surface area contributed by atoms with E-state index < -0.39 is 0 Å². The SMILES string of the molecule is c1ccc(-n2c3ccccc3c3c2ccc2c4cccc5c6cc7c(cc6n(c54)c23)c2cccc3c4cc(-c5cccc(-n6c8ccccc8c8ccc9c(c%10cccc%11c%12cc%13c(cc%12n9c%11%10)c9cccc%10c%11c%12c(ccc%11n%13c9%10)c9ccccc9n%12-c9ccccc9)c86)c5)c5c(c6ccccc6n5-c5ccccc5)c4n7c23)cc1. The van der Waals surface area contributed by atoms with Gasteiger partial charge in [-0.15, -0.1) is 0 Å². The van der Waals surface area contributed by atoms with E-state index >= 15 is 0 Å². The number of benzene rings is 18. The highest BCUT2D eigenvalue weighted by Gasteiger charge is 2.32. The highest BCUT2D eigenvalue weighted by molar-refractivity contribution is 6.39. The van der Waals surface area contributed by atoms with E-state index in [1.54, 1.807) is 0 Å². The molecule has 0 bridgehead atoms. The third kappa shape index (κ3) is 6.83. The van der Waals surface area contributed by atoms with Crippen molar-refractivity contribution >= 4 is 240 Å². The molecule has 0 N–H and O–H groups in total. The van der Waals surface area contributed by atoms with Crippen LogP contribution in [0.15, 0.2) is 352 Å². The Kier molecular flexibility index (Phi) is 10.5. The molecular weight excluding hydrogens is 1410 g/mol. The summed E-state index contributed by atoms with van der Waals surface area (Å²) in [5.41, 5.74) is 31.3. The second kappa shape index (κ2) is 20.5. The zero-order valence-corrected chi connectivity index (χ0v) is 62.1. The molecule has 116 heavy (non-hydrogen) atoms. The van der Waals surface area contributed by atoms with E-state index in [4.69, 9.17) is 0 Å². The lowest BCUT2D eigenvalue weighted by Crippen LogP contribution is -1.97. The third-order valence-corrected chi connectivity index (χ3v) is 27.2. The third-order valence-electron chi connectivity index (χ3n) is 27.2. The summed E-state index contributed by atoms with van der Waals surface area (Å²) in [6.07, 6.45) is 0. The molecule has 530 valence electrons. The molecule has 0 amide bonds. The Morgan fingerprint density at radius 2 is 0.440 bits per heavy atom. The summed E-state index contributed by atoms with van der Waals surface area (Å²) in [5, 5.41) is 30.1. The topological polar surface area (TPSA) is 37.4 Å². The van der Waals surface area contributed by atoms with Crippen molar-refractivity contribution in [1.29, 1.82) is 0 Å². The summed E-state index contributed by atoms with van der Waals surface area (Å²) in [6.45, 7) is 0. The van der Waals surface area contributed by atoms with Crippen LogP contribution in [0.25, 0.3) is 273 Å². The van der Waals surface area contributed by atoms with Crippen LogP contribution in [0.2, 0.25) is 0 Å². The number of rotatable bonds is 5. The van der Waals surface area contributed by atoms with Crippen molar-refractivity contribution in [2.45, 2.75) is 0 Å². The molecule has 0 aliphatic rings. The second-order valence-corrected chi connectivity index (χ2v) is 32.5. The van der Waals surface area contributed by atoms with E-state index in [1.807, 2.05) is 0 Å². The van der Waals surface area contributed by atoms with Crippen LogP contribution in [0.1, 0.15) is 0 Å². The largest absolute Gasteiger partial charge is 0.309 e. The van der Waals surface area contributed by atoms with Gasteiger partial charge < -0.3 is 35.9 Å². The van der Waals surface area contributed by atoms with Gasteiger partial charge in [-0.1, -0.05) is 231 Å². The highest BCUT2D eigenvalue weighted by atomic mass is 15.0. The Morgan fingerprint density at radius 3 is 0.940 bits per heavy atom. The fourth-order valence-corrected chi connectivity index (χ4v) is 23.0. The monoisotopic (exact) mass is 1470 g/mol. The molecule has 0 atom stereocenters. The van der Waals surface area contributed by atoms with Crippen LogP contribution in [0.4, 0.5) is 0 Å². The second-order valence-electron chi connectivity index (χ2n) is 32.5. The van der Waals surface area contributed by atoms with Crippen molar-refractivity contribution in [3.63, 3.8) is 0 Å². The molecule has 12 aromatic heterocycles. The summed E-state index contributed by atoms with van der Waals surface area (Å²) in [6, 6.07) is 133. The van der Waals surface area contributed by atoms with Crippen LogP contribution >= 0.6 is 0 Å². The van der Waals surface area contributed by atoms with Crippen LogP contribution < -0.4 is 0 Å². The first kappa shape index (κ1) is 59.2. The van der Waals surface area contributed by atoms with Gasteiger partial charge in [0.2, 0.25) is 0 Å². The molecule has 30 rings (SSSR count). The Balaban J connectivity index is 0.656. The van der Waals surface area contributed by atoms with Crippen LogP contribution in [0.5, 0.6) is 0 Å². The molecule has 0 saturated heterocycles. The van der Waals surface area contributed by atoms with E-state index in [9.17, 15) is 0 Å². The Bertz CT molecular complexity index is 9710. The number of hydrogen-bond acceptors (Lipinski definition) is 0. The van der Waals surface area contributed by atoms with Gasteiger partial charge >= 0.3 is 0 Å². The smallest absolute Gasteiger partial charge is 0.0642 e. The minimum Gasteiger partial charge on any atom is -0.309 e. The summed E-state index contributed by atoms with van der Waals surface area (Å²) in [7, 11) is 0. The standard InChI is InChI=1S/C108H58N8/c1-4-24-60(25-5-1)109-87-45-16-12-33-75(87)96-89(109)50-49-74-66-35-19-36-67-82-58-95-83(57-94(82)115(100(66)67)106(74)96)68-37-20-40-71-84-54-79(107-99(108(84)116(95)101(68)71)76-34-13-17-46-88(76)111(107)62-28-8-3-9-29-62)59-23-18-30-63(53-59)112-86-44-15-11-32-65(86)73-48-52-91-98(105(73)112)78-42-22-39-70-81-55-92-80(56-93(81)114(91)103(70)78)69-38-21-41-77-97-90(113(92)102(69)77)51-47-72-64-31-10-14-43-85(64)110(104(72)97)61-26-6-2-7-27-61/h1-58H. The summed E-state index contributed by atoms with van der Waals surface area (Å²) < 4.78 is 20.5. The fourth-order valence-electron chi connectivity index (χ4n) is 23.0. The van der Waals surface area contributed by atoms with Gasteiger partial charge in [0.25, 0.3) is 0 Å². The molecule has 8 nitrogen and oxygen atoms in total. The van der Waals surface area contributed by atoms with Gasteiger partial charge in [0, 0.05) is 158 Å². The first-order valence-electron chi connectivity index (χ1n) is 40.3. The predicted octanol–water partition coefficient (Wildman–Crippen LogP) is 28.3. The molecular formula is C108H58N8. The Labute approximate surface area is 656 Å². The van der Waals surface area contributed by atoms with E-state index in [0.717, 1.165) is 28.3 Å². The zero-order chi connectivity index (χ0) is 74.5. The summed E-state index contributed by atoms with van der Waals surface area (Å²) in [5.74, 6) is 0. The maximum absolute atomic E-state index is 2.66. The predicted molar refractivity (Wildman–Crippen MR) is 488 cm³/mol. The molecule has 12 heterocycles. The average molecular weight is 1470 g/mol. The molecule has 0 unspecified atom stereocenters. The van der Waals surface area contributed by atoms with Crippen molar-refractivity contribution in [2.75, 3.05) is 0 Å². The molecule has 0 spiro atoms. The van der Waals surface area contributed by atoms with E-state index in [1.165, 1.54) is 245 Å². The van der Waals surface area contributed by atoms with E-state index in [-0.39, 0.29) is 0 Å². The summed E-state index contributed by atoms with van der Waals surface area (Å²) in [4.78, 5) is 0. The molecule has 0 aliphatic carbocycles. The molecule has 0 fully saturated rings. The molecule has 0 aliphatic heterocycles. The number of aromatic nitrogens is 8. The van der Waals surface area contributed by atoms with E-state index in [0.29, 0.717) is 0 Å². The summed E-state index contributed by atoms with van der Waals surface area (Å²) >= 11 is 0. The maximum Gasteiger partial charge on any atom is 0.0642 e. The molecule has 0 saturated carbocycles. The fraction of sp³-hybridized carbons (Fsp3) is 0. The number of fused-ring (bicyclic) bond motifs is 40. The number of para-hydroxylation sites is 11. The van der Waals surface area contributed by atoms with Crippen molar-refractivity contribution in [3.05, 3.63) is 352 Å². The van der Waals surface area contributed by atoms with Gasteiger partial charge in [0.15, 0.2) is 0 Å². The van der Waals surface area contributed by atoms with Gasteiger partial charge in [-0.25, -0.2) is 0 Å². The van der Waals surface area contributed by atoms with Crippen LogP contribution in [0.3, 0.4) is 0 Å². The lowest BCUT2D eigenvalue weighted by atomic mass is 9.97. The van der Waals surface area contributed by atoms with Crippen LogP contribution in [-0.2, 0) is 0 Å². The van der Waals surface area contributed by atoms with Gasteiger partial charge in [-0.2, -0.15) is 0 Å². The van der Waals surface area contributed by atoms with Crippen molar-refractivity contribution in [1.82, 2.24) is 35.9 Å². The minimum absolute atomic E-state index is 1.11. The quantitative estimate of drug-likeness (QED) is 0.165. The maximum atomic E-state index is 2.66. The Hall–Kier alpha value is -15.6. The molecule has 8 heteroatoms. The minimum atomic E-state index is 1.11. The lowest BCUT2D eigenvalue weighted by Gasteiger charge is -2.15. The molecule has 30 aromatic rings. The first-order chi connectivity index (χ1) is 57.6. The van der Waals surface area contributed by atoms with Crippen molar-refractivity contribution in [2.24, 2.45) is 0 Å². The highest BCUT2D eigenvalue weighted by Crippen LogP contribution is 2.54. The van der Waals surface area contributed by atoms with Crippen molar-refractivity contribution < 1.29 is 0 Å². The number of hydrogen-bond donors (Lipinski definition) is 0. The van der Waals surface area contributed by atoms with Gasteiger partial charge in [0.05, 0.1) is 110 Å². The zero-order valence-electron chi connectivity index (χ0n) is 62.1. The van der Waals surface area contributed by atoms with Gasteiger partial charge in [-0.05, 0) is 127 Å². The lowest BCUT2D eigenvalue weighted by molar-refractivity contribution is 1.18. The van der Waals surface area contributed by atoms with E-state index in [2.05, 4.69) is 388 Å². The van der Waals surface area contributed by atoms with Gasteiger partial charge in [0.1, 0.15) is 0 Å². The molecule has 18 aromatic carbocycles.